The van der Waals surface area contributed by atoms with E-state index in [4.69, 9.17) is 0 Å². The van der Waals surface area contributed by atoms with Gasteiger partial charge in [0.1, 0.15) is 5.82 Å². The third kappa shape index (κ3) is 4.49. The molecule has 4 rings (SSSR count). The molecule has 4 nitrogen and oxygen atoms in total. The fraction of sp³-hybridized carbons (Fsp3) is 0.364. The van der Waals surface area contributed by atoms with Gasteiger partial charge in [0.25, 0.3) is 5.56 Å². The average Bonchev–Trinajstić information content (AvgIpc) is 3.17. The molecule has 0 amide bonds. The molecule has 0 bridgehead atoms. The second kappa shape index (κ2) is 8.35. The summed E-state index contributed by atoms with van der Waals surface area (Å²) in [6.07, 6.45) is -1.93. The van der Waals surface area contributed by atoms with E-state index in [2.05, 4.69) is 21.8 Å². The van der Waals surface area contributed by atoms with Gasteiger partial charge in [-0.1, -0.05) is 19.1 Å². The Morgan fingerprint density at radius 3 is 2.83 bits per heavy atom. The number of fused-ring (bicyclic) bond motifs is 1. The fourth-order valence-electron chi connectivity index (χ4n) is 3.71. The molecular weight excluding hydrogens is 411 g/mol. The van der Waals surface area contributed by atoms with Crippen LogP contribution >= 0.6 is 11.3 Å². The van der Waals surface area contributed by atoms with Gasteiger partial charge in [-0.2, -0.15) is 13.2 Å². The average molecular weight is 433 g/mol. The summed E-state index contributed by atoms with van der Waals surface area (Å²) in [4.78, 5) is 24.0. The highest BCUT2D eigenvalue weighted by molar-refractivity contribution is 7.15. The molecule has 0 fully saturated rings. The lowest BCUT2D eigenvalue weighted by Gasteiger charge is -2.27. The lowest BCUT2D eigenvalue weighted by molar-refractivity contribution is -0.137. The fourth-order valence-corrected chi connectivity index (χ4v) is 4.76. The van der Waals surface area contributed by atoms with Gasteiger partial charge in [0.2, 0.25) is 0 Å². The largest absolute Gasteiger partial charge is 0.416 e. The van der Waals surface area contributed by atoms with Crippen LogP contribution in [-0.2, 0) is 32.1 Å². The maximum absolute atomic E-state index is 13.0. The van der Waals surface area contributed by atoms with E-state index in [0.29, 0.717) is 18.7 Å². The van der Waals surface area contributed by atoms with Gasteiger partial charge in [-0.3, -0.25) is 9.69 Å². The third-order valence-electron chi connectivity index (χ3n) is 5.20. The molecule has 1 aliphatic heterocycles. The highest BCUT2D eigenvalue weighted by Crippen LogP contribution is 2.35. The van der Waals surface area contributed by atoms with Crippen LogP contribution in [0.5, 0.6) is 0 Å². The molecule has 8 heteroatoms. The number of aryl methyl sites for hydroxylation is 1. The van der Waals surface area contributed by atoms with Gasteiger partial charge in [0.05, 0.1) is 16.8 Å². The summed E-state index contributed by atoms with van der Waals surface area (Å²) in [5, 5.41) is 0. The highest BCUT2D eigenvalue weighted by Gasteiger charge is 2.30. The quantitative estimate of drug-likeness (QED) is 0.614. The molecule has 0 saturated heterocycles. The summed E-state index contributed by atoms with van der Waals surface area (Å²) in [6, 6.07) is 9.21. The van der Waals surface area contributed by atoms with Crippen molar-refractivity contribution in [3.05, 3.63) is 74.3 Å². The van der Waals surface area contributed by atoms with Gasteiger partial charge < -0.3 is 4.98 Å². The van der Waals surface area contributed by atoms with Crippen LogP contribution in [0.25, 0.3) is 10.4 Å². The maximum atomic E-state index is 13.0. The number of H-pyrrole nitrogens is 1. The second-order valence-corrected chi connectivity index (χ2v) is 8.66. The van der Waals surface area contributed by atoms with Crippen molar-refractivity contribution in [2.24, 2.45) is 0 Å². The lowest BCUT2D eigenvalue weighted by atomic mass is 10.1. The van der Waals surface area contributed by atoms with E-state index in [9.17, 15) is 18.0 Å². The van der Waals surface area contributed by atoms with Gasteiger partial charge in [0, 0.05) is 42.2 Å². The van der Waals surface area contributed by atoms with Crippen LogP contribution < -0.4 is 5.56 Å². The number of hydrogen-bond acceptors (Lipinski definition) is 4. The molecule has 3 heterocycles. The molecule has 0 radical (unpaired) electrons. The van der Waals surface area contributed by atoms with Crippen LogP contribution in [0.1, 0.15) is 40.9 Å². The standard InChI is InChI=1S/C22H22F3N3OS/c1-2-4-20-26-18-9-10-28(13-17(18)21(29)27-20)12-16-7-8-19(30-16)14-5-3-6-15(11-14)22(23,24)25/h3,5-8,11H,2,4,9-10,12-13H2,1H3,(H,26,27,29). The summed E-state index contributed by atoms with van der Waals surface area (Å²) < 4.78 is 38.9. The Hall–Kier alpha value is -2.45. The summed E-state index contributed by atoms with van der Waals surface area (Å²) in [6.45, 7) is 4.03. The Morgan fingerprint density at radius 1 is 1.23 bits per heavy atom. The summed E-state index contributed by atoms with van der Waals surface area (Å²) in [5.74, 6) is 0.749. The van der Waals surface area contributed by atoms with E-state index in [-0.39, 0.29) is 5.56 Å². The van der Waals surface area contributed by atoms with Gasteiger partial charge in [0.15, 0.2) is 0 Å². The number of nitrogens with one attached hydrogen (secondary N) is 1. The van der Waals surface area contributed by atoms with Crippen LogP contribution in [-0.4, -0.2) is 21.4 Å². The smallest absolute Gasteiger partial charge is 0.310 e. The first-order valence-electron chi connectivity index (χ1n) is 9.93. The second-order valence-electron chi connectivity index (χ2n) is 7.49. The minimum absolute atomic E-state index is 0.0658. The Balaban J connectivity index is 1.48. The molecule has 3 aromatic rings. The summed E-state index contributed by atoms with van der Waals surface area (Å²) in [7, 11) is 0. The van der Waals surface area contributed by atoms with E-state index in [1.165, 1.54) is 23.5 Å². The number of thiophene rings is 1. The minimum atomic E-state index is -4.35. The number of aromatic amines is 1. The topological polar surface area (TPSA) is 49.0 Å². The van der Waals surface area contributed by atoms with Gasteiger partial charge in [-0.15, -0.1) is 11.3 Å². The van der Waals surface area contributed by atoms with Crippen LogP contribution in [0.3, 0.4) is 0 Å². The van der Waals surface area contributed by atoms with Crippen LogP contribution in [0.2, 0.25) is 0 Å². The summed E-state index contributed by atoms with van der Waals surface area (Å²) in [5.41, 5.74) is 1.46. The zero-order valence-electron chi connectivity index (χ0n) is 16.6. The predicted molar refractivity (Wildman–Crippen MR) is 111 cm³/mol. The van der Waals surface area contributed by atoms with Gasteiger partial charge in [-0.25, -0.2) is 4.98 Å². The van der Waals surface area contributed by atoms with Gasteiger partial charge in [-0.05, 0) is 36.2 Å². The number of hydrogen-bond donors (Lipinski definition) is 1. The Kier molecular flexibility index (Phi) is 5.79. The molecule has 0 atom stereocenters. The number of nitrogens with zero attached hydrogens (tertiary/aromatic N) is 2. The van der Waals surface area contributed by atoms with E-state index in [1.807, 2.05) is 12.1 Å². The molecule has 1 N–H and O–H groups in total. The van der Waals surface area contributed by atoms with Crippen molar-refractivity contribution >= 4 is 11.3 Å². The SMILES string of the molecule is CCCc1nc2c(c(=O)[nH]1)CN(Cc1ccc(-c3cccc(C(F)(F)F)c3)s1)CC2. The Labute approximate surface area is 176 Å². The van der Waals surface area contributed by atoms with Crippen molar-refractivity contribution in [2.75, 3.05) is 6.54 Å². The van der Waals surface area contributed by atoms with Crippen molar-refractivity contribution in [3.8, 4) is 10.4 Å². The first kappa shape index (κ1) is 20.8. The molecule has 30 heavy (non-hydrogen) atoms. The number of rotatable bonds is 5. The van der Waals surface area contributed by atoms with E-state index < -0.39 is 11.7 Å². The predicted octanol–water partition coefficient (Wildman–Crippen LogP) is 5.03. The minimum Gasteiger partial charge on any atom is -0.310 e. The molecular formula is C22H22F3N3OS. The zero-order valence-corrected chi connectivity index (χ0v) is 17.4. The maximum Gasteiger partial charge on any atom is 0.416 e. The normalized spacial score (nSPS) is 14.7. The first-order valence-corrected chi connectivity index (χ1v) is 10.7. The number of benzene rings is 1. The third-order valence-corrected chi connectivity index (χ3v) is 6.32. The van der Waals surface area contributed by atoms with E-state index in [1.54, 1.807) is 6.07 Å². The molecule has 0 unspecified atom stereocenters. The monoisotopic (exact) mass is 433 g/mol. The Morgan fingerprint density at radius 2 is 2.07 bits per heavy atom. The number of aromatic nitrogens is 2. The molecule has 2 aromatic heterocycles. The highest BCUT2D eigenvalue weighted by atomic mass is 32.1. The molecule has 158 valence electrons. The summed E-state index contributed by atoms with van der Waals surface area (Å²) >= 11 is 1.48. The van der Waals surface area contributed by atoms with Crippen molar-refractivity contribution in [3.63, 3.8) is 0 Å². The molecule has 1 aromatic carbocycles. The molecule has 1 aliphatic rings. The van der Waals surface area contributed by atoms with Crippen molar-refractivity contribution in [1.82, 2.24) is 14.9 Å². The molecule has 0 spiro atoms. The Bertz CT molecular complexity index is 1100. The number of halogens is 3. The van der Waals surface area contributed by atoms with Crippen molar-refractivity contribution in [1.29, 1.82) is 0 Å². The van der Waals surface area contributed by atoms with Crippen LogP contribution in [0, 0.1) is 0 Å². The molecule has 0 saturated carbocycles. The van der Waals surface area contributed by atoms with E-state index in [0.717, 1.165) is 58.7 Å². The first-order chi connectivity index (χ1) is 14.3. The van der Waals surface area contributed by atoms with Crippen molar-refractivity contribution in [2.45, 2.75) is 45.5 Å². The van der Waals surface area contributed by atoms with Crippen LogP contribution in [0.15, 0.2) is 41.2 Å². The zero-order chi connectivity index (χ0) is 21.3. The van der Waals surface area contributed by atoms with Crippen LogP contribution in [0.4, 0.5) is 13.2 Å². The number of alkyl halides is 3. The van der Waals surface area contributed by atoms with E-state index >= 15 is 0 Å². The van der Waals surface area contributed by atoms with Gasteiger partial charge >= 0.3 is 6.18 Å². The molecule has 0 aliphatic carbocycles. The van der Waals surface area contributed by atoms with Crippen molar-refractivity contribution < 1.29 is 13.2 Å². The lowest BCUT2D eigenvalue weighted by Crippen LogP contribution is -2.35.